The van der Waals surface area contributed by atoms with Gasteiger partial charge in [0.2, 0.25) is 0 Å². The van der Waals surface area contributed by atoms with E-state index < -0.39 is 0 Å². The molecule has 18 heavy (non-hydrogen) atoms. The molecule has 96 valence electrons. The fraction of sp³-hybridized carbons (Fsp3) is 0.385. The Hall–Kier alpha value is -1.88. The molecule has 0 amide bonds. The van der Waals surface area contributed by atoms with Crippen molar-refractivity contribution < 1.29 is 4.74 Å². The van der Waals surface area contributed by atoms with Crippen LogP contribution in [0.4, 0.5) is 0 Å². The molecule has 2 aromatic rings. The number of nitrogens with one attached hydrogen (secondary N) is 1. The first-order valence-electron chi connectivity index (χ1n) is 6.06. The van der Waals surface area contributed by atoms with Crippen LogP contribution in [0.15, 0.2) is 30.6 Å². The minimum absolute atomic E-state index is 0.344. The van der Waals surface area contributed by atoms with Crippen LogP contribution in [-0.4, -0.2) is 21.3 Å². The van der Waals surface area contributed by atoms with Gasteiger partial charge in [0.15, 0.2) is 0 Å². The van der Waals surface area contributed by atoms with E-state index in [9.17, 15) is 0 Å². The van der Waals surface area contributed by atoms with Crippen LogP contribution >= 0.6 is 0 Å². The predicted octanol–water partition coefficient (Wildman–Crippen LogP) is 2.28. The Kier molecular flexibility index (Phi) is 3.94. The van der Waals surface area contributed by atoms with Gasteiger partial charge in [0, 0.05) is 13.1 Å². The predicted molar refractivity (Wildman–Crippen MR) is 69.6 cm³/mol. The zero-order chi connectivity index (χ0) is 13.0. The van der Waals surface area contributed by atoms with Gasteiger partial charge in [-0.2, -0.15) is 4.98 Å². The molecule has 5 heteroatoms. The van der Waals surface area contributed by atoms with Crippen molar-refractivity contribution in [2.24, 2.45) is 7.05 Å². The van der Waals surface area contributed by atoms with Crippen molar-refractivity contribution in [1.82, 2.24) is 20.1 Å². The molecule has 0 aliphatic heterocycles. The summed E-state index contributed by atoms with van der Waals surface area (Å²) in [6.45, 7) is 5.19. The molecular formula is C13H18N4O. The lowest BCUT2D eigenvalue weighted by molar-refractivity contribution is 0.438. The molecule has 5 nitrogen and oxygen atoms in total. The van der Waals surface area contributed by atoms with Crippen molar-refractivity contribution in [2.45, 2.75) is 19.9 Å². The molecule has 1 heterocycles. The van der Waals surface area contributed by atoms with Gasteiger partial charge < -0.3 is 10.1 Å². The van der Waals surface area contributed by atoms with Crippen LogP contribution < -0.4 is 10.1 Å². The van der Waals surface area contributed by atoms with Crippen LogP contribution in [0.25, 0.3) is 0 Å². The molecule has 0 bridgehead atoms. The molecular weight excluding hydrogens is 228 g/mol. The van der Waals surface area contributed by atoms with Gasteiger partial charge in [0.05, 0.1) is 0 Å². The van der Waals surface area contributed by atoms with Crippen LogP contribution in [0.2, 0.25) is 0 Å². The first-order chi connectivity index (χ1) is 8.69. The minimum atomic E-state index is 0.344. The second kappa shape index (κ2) is 5.64. The number of nitrogens with zero attached hydrogens (tertiary/aromatic N) is 3. The van der Waals surface area contributed by atoms with E-state index in [4.69, 9.17) is 4.74 Å². The molecule has 1 aromatic carbocycles. The normalized spacial score (nSPS) is 12.4. The first kappa shape index (κ1) is 12.6. The molecule has 1 aromatic heterocycles. The van der Waals surface area contributed by atoms with Crippen LogP contribution in [0.5, 0.6) is 11.8 Å². The first-order valence-corrected chi connectivity index (χ1v) is 6.06. The molecule has 1 atom stereocenters. The van der Waals surface area contributed by atoms with Crippen molar-refractivity contribution in [3.8, 4) is 11.8 Å². The van der Waals surface area contributed by atoms with E-state index in [1.165, 1.54) is 5.56 Å². The van der Waals surface area contributed by atoms with Crippen molar-refractivity contribution in [3.63, 3.8) is 0 Å². The molecule has 2 rings (SSSR count). The van der Waals surface area contributed by atoms with Gasteiger partial charge >= 0.3 is 6.01 Å². The third-order valence-corrected chi connectivity index (χ3v) is 2.68. The highest BCUT2D eigenvalue weighted by atomic mass is 16.5. The molecule has 0 spiro atoms. The zero-order valence-electron chi connectivity index (χ0n) is 10.9. The monoisotopic (exact) mass is 246 g/mol. The molecule has 0 aliphatic carbocycles. The molecule has 1 N–H and O–H groups in total. The summed E-state index contributed by atoms with van der Waals surface area (Å²) >= 11 is 0. The van der Waals surface area contributed by atoms with Gasteiger partial charge in [-0.25, -0.2) is 0 Å². The number of aryl methyl sites for hydroxylation is 1. The van der Waals surface area contributed by atoms with Crippen LogP contribution in [-0.2, 0) is 7.05 Å². The third-order valence-electron chi connectivity index (χ3n) is 2.68. The zero-order valence-corrected chi connectivity index (χ0v) is 10.9. The average Bonchev–Trinajstić information content (AvgIpc) is 2.76. The van der Waals surface area contributed by atoms with Crippen molar-refractivity contribution in [3.05, 3.63) is 36.2 Å². The van der Waals surface area contributed by atoms with E-state index in [0.717, 1.165) is 12.3 Å². The maximum atomic E-state index is 5.53. The van der Waals surface area contributed by atoms with Gasteiger partial charge in [-0.05, 0) is 31.2 Å². The number of hydrogen-bond donors (Lipinski definition) is 1. The van der Waals surface area contributed by atoms with E-state index >= 15 is 0 Å². The summed E-state index contributed by atoms with van der Waals surface area (Å²) in [5, 5.41) is 7.43. The molecule has 0 fully saturated rings. The summed E-state index contributed by atoms with van der Waals surface area (Å²) in [6, 6.07) is 8.66. The third kappa shape index (κ3) is 3.07. The number of benzene rings is 1. The Balaban J connectivity index is 2.03. The highest BCUT2D eigenvalue weighted by molar-refractivity contribution is 5.30. The van der Waals surface area contributed by atoms with E-state index in [-0.39, 0.29) is 0 Å². The Bertz CT molecular complexity index is 492. The van der Waals surface area contributed by atoms with Crippen LogP contribution in [0.1, 0.15) is 25.5 Å². The molecule has 1 unspecified atom stereocenters. The van der Waals surface area contributed by atoms with Crippen LogP contribution in [0, 0.1) is 0 Å². The topological polar surface area (TPSA) is 52.0 Å². The summed E-state index contributed by atoms with van der Waals surface area (Å²) < 4.78 is 7.14. The highest BCUT2D eigenvalue weighted by Crippen LogP contribution is 2.20. The molecule has 0 saturated heterocycles. The van der Waals surface area contributed by atoms with Crippen molar-refractivity contribution in [2.75, 3.05) is 6.54 Å². The van der Waals surface area contributed by atoms with Gasteiger partial charge in [-0.15, -0.1) is 5.10 Å². The van der Waals surface area contributed by atoms with Crippen LogP contribution in [0.3, 0.4) is 0 Å². The van der Waals surface area contributed by atoms with Gasteiger partial charge in [0.1, 0.15) is 12.1 Å². The highest BCUT2D eigenvalue weighted by Gasteiger charge is 2.05. The lowest BCUT2D eigenvalue weighted by Gasteiger charge is -2.12. The lowest BCUT2D eigenvalue weighted by Crippen LogP contribution is -2.17. The number of hydrogen-bond acceptors (Lipinski definition) is 4. The maximum Gasteiger partial charge on any atom is 0.340 e. The second-order valence-electron chi connectivity index (χ2n) is 4.15. The minimum Gasteiger partial charge on any atom is -0.423 e. The SMILES string of the molecule is CCNC(C)c1ccc(Oc2ncn(C)n2)cc1. The Morgan fingerprint density at radius 2 is 2.06 bits per heavy atom. The fourth-order valence-corrected chi connectivity index (χ4v) is 1.72. The summed E-state index contributed by atoms with van der Waals surface area (Å²) in [5.41, 5.74) is 1.23. The summed E-state index contributed by atoms with van der Waals surface area (Å²) in [4.78, 5) is 4.02. The lowest BCUT2D eigenvalue weighted by atomic mass is 10.1. The molecule has 0 saturated carbocycles. The van der Waals surface area contributed by atoms with E-state index in [2.05, 4.69) is 29.2 Å². The van der Waals surface area contributed by atoms with Crippen molar-refractivity contribution in [1.29, 1.82) is 0 Å². The molecule has 0 aliphatic rings. The van der Waals surface area contributed by atoms with Gasteiger partial charge in [-0.1, -0.05) is 19.1 Å². The summed E-state index contributed by atoms with van der Waals surface area (Å²) in [6.07, 6.45) is 1.61. The smallest absolute Gasteiger partial charge is 0.340 e. The Morgan fingerprint density at radius 1 is 1.33 bits per heavy atom. The number of ether oxygens (including phenoxy) is 1. The Morgan fingerprint density at radius 3 is 2.61 bits per heavy atom. The fourth-order valence-electron chi connectivity index (χ4n) is 1.72. The van der Waals surface area contributed by atoms with Gasteiger partial charge in [-0.3, -0.25) is 4.68 Å². The summed E-state index contributed by atoms with van der Waals surface area (Å²) in [5.74, 6) is 0.744. The van der Waals surface area contributed by atoms with E-state index in [0.29, 0.717) is 12.1 Å². The number of aromatic nitrogens is 3. The van der Waals surface area contributed by atoms with E-state index in [1.807, 2.05) is 24.3 Å². The van der Waals surface area contributed by atoms with Gasteiger partial charge in [0.25, 0.3) is 0 Å². The molecule has 0 radical (unpaired) electrons. The average molecular weight is 246 g/mol. The summed E-state index contributed by atoms with van der Waals surface area (Å²) in [7, 11) is 1.81. The maximum absolute atomic E-state index is 5.53. The second-order valence-corrected chi connectivity index (χ2v) is 4.15. The standard InChI is InChI=1S/C13H18N4O/c1-4-14-10(2)11-5-7-12(8-6-11)18-13-15-9-17(3)16-13/h5-10,14H,4H2,1-3H3. The largest absolute Gasteiger partial charge is 0.423 e. The quantitative estimate of drug-likeness (QED) is 0.879. The van der Waals surface area contributed by atoms with E-state index in [1.54, 1.807) is 18.1 Å². The van der Waals surface area contributed by atoms with Crippen molar-refractivity contribution >= 4 is 0 Å². The Labute approximate surface area is 107 Å². The number of rotatable bonds is 5.